The van der Waals surface area contributed by atoms with Crippen LogP contribution in [0, 0.1) is 13.8 Å². The number of amides is 3. The molecule has 0 spiro atoms. The Hall–Kier alpha value is -4.08. The first-order chi connectivity index (χ1) is 20.5. The number of alkyl carbamates (subject to hydrolysis) is 1. The van der Waals surface area contributed by atoms with Gasteiger partial charge in [0, 0.05) is 18.5 Å². The van der Waals surface area contributed by atoms with E-state index in [0.29, 0.717) is 17.5 Å². The smallest absolute Gasteiger partial charge is 0.408 e. The Kier molecular flexibility index (Phi) is 12.8. The van der Waals surface area contributed by atoms with Gasteiger partial charge in [-0.2, -0.15) is 0 Å². The standard InChI is InChI=1S/C34H49N3O7/c1-10-34(8,9)37(29(25-19-22(3)18-23(4)20-25)30(40)35-17-16-28(39)43-11-2)31(41)27(36-32(42)44-33(5,6)7)21-24-12-14-26(38)15-13-24/h12-15,18-20,27,29,38H,10-11,16-17,21H2,1-9H3,(H,35,40)(H,36,42). The van der Waals surface area contributed by atoms with Gasteiger partial charge in [-0.25, -0.2) is 4.79 Å². The molecule has 0 saturated carbocycles. The summed E-state index contributed by atoms with van der Waals surface area (Å²) >= 11 is 0. The third-order valence-electron chi connectivity index (χ3n) is 7.12. The number of hydrogen-bond donors (Lipinski definition) is 3. The predicted octanol–water partition coefficient (Wildman–Crippen LogP) is 5.27. The maximum atomic E-state index is 14.7. The third kappa shape index (κ3) is 10.9. The van der Waals surface area contributed by atoms with Crippen molar-refractivity contribution in [3.8, 4) is 5.75 Å². The molecule has 0 bridgehead atoms. The number of aromatic hydroxyl groups is 1. The van der Waals surface area contributed by atoms with Gasteiger partial charge < -0.3 is 30.1 Å². The number of nitrogens with one attached hydrogen (secondary N) is 2. The van der Waals surface area contributed by atoms with E-state index in [1.165, 1.54) is 17.0 Å². The number of carbonyl (C=O) groups is 4. The number of benzene rings is 2. The zero-order valence-corrected chi connectivity index (χ0v) is 27.6. The summed E-state index contributed by atoms with van der Waals surface area (Å²) in [7, 11) is 0. The van der Waals surface area contributed by atoms with Gasteiger partial charge in [-0.05, 0) is 85.1 Å². The Labute approximate surface area is 261 Å². The summed E-state index contributed by atoms with van der Waals surface area (Å²) < 4.78 is 10.5. The van der Waals surface area contributed by atoms with Crippen LogP contribution in [0.4, 0.5) is 4.79 Å². The van der Waals surface area contributed by atoms with Crippen molar-refractivity contribution in [1.29, 1.82) is 0 Å². The second-order valence-corrected chi connectivity index (χ2v) is 12.6. The first-order valence-corrected chi connectivity index (χ1v) is 15.1. The maximum absolute atomic E-state index is 14.7. The zero-order chi connectivity index (χ0) is 33.2. The van der Waals surface area contributed by atoms with Crippen molar-refractivity contribution in [1.82, 2.24) is 15.5 Å². The van der Waals surface area contributed by atoms with E-state index in [1.54, 1.807) is 39.8 Å². The van der Waals surface area contributed by atoms with Crippen LogP contribution in [0.3, 0.4) is 0 Å². The molecule has 3 N–H and O–H groups in total. The summed E-state index contributed by atoms with van der Waals surface area (Å²) in [5.41, 5.74) is 1.47. The molecule has 0 fully saturated rings. The average molecular weight is 612 g/mol. The molecule has 44 heavy (non-hydrogen) atoms. The number of hydrogen-bond acceptors (Lipinski definition) is 7. The SMILES string of the molecule is CCOC(=O)CCNC(=O)C(c1cc(C)cc(C)c1)N(C(=O)C(Cc1ccc(O)cc1)NC(=O)OC(C)(C)C)C(C)(C)CC. The maximum Gasteiger partial charge on any atom is 0.408 e. The highest BCUT2D eigenvalue weighted by Crippen LogP contribution is 2.33. The molecule has 3 amide bonds. The summed E-state index contributed by atoms with van der Waals surface area (Å²) in [6.45, 7) is 16.7. The molecule has 242 valence electrons. The third-order valence-corrected chi connectivity index (χ3v) is 7.12. The molecule has 0 aliphatic carbocycles. The molecule has 0 aliphatic rings. The molecule has 2 aromatic rings. The van der Waals surface area contributed by atoms with Crippen molar-refractivity contribution in [2.75, 3.05) is 13.2 Å². The average Bonchev–Trinajstić information content (AvgIpc) is 2.90. The number of nitrogens with zero attached hydrogens (tertiary/aromatic N) is 1. The Bertz CT molecular complexity index is 1280. The normalized spacial score (nSPS) is 12.9. The monoisotopic (exact) mass is 611 g/mol. The molecular weight excluding hydrogens is 562 g/mol. The van der Waals surface area contributed by atoms with E-state index in [-0.39, 0.29) is 31.7 Å². The molecule has 0 radical (unpaired) electrons. The summed E-state index contributed by atoms with van der Waals surface area (Å²) in [5, 5.41) is 15.4. The Morgan fingerprint density at radius 3 is 2.05 bits per heavy atom. The minimum Gasteiger partial charge on any atom is -0.508 e. The highest BCUT2D eigenvalue weighted by molar-refractivity contribution is 5.93. The number of esters is 1. The van der Waals surface area contributed by atoms with Crippen LogP contribution in [0.15, 0.2) is 42.5 Å². The van der Waals surface area contributed by atoms with Gasteiger partial charge in [-0.3, -0.25) is 14.4 Å². The summed E-state index contributed by atoms with van der Waals surface area (Å²) in [5.74, 6) is -1.32. The van der Waals surface area contributed by atoms with Crippen molar-refractivity contribution in [3.63, 3.8) is 0 Å². The number of rotatable bonds is 13. The minimum absolute atomic E-state index is 0.0199. The second kappa shape index (κ2) is 15.6. The van der Waals surface area contributed by atoms with Gasteiger partial charge in [0.1, 0.15) is 23.4 Å². The van der Waals surface area contributed by atoms with Crippen LogP contribution in [-0.2, 0) is 30.3 Å². The van der Waals surface area contributed by atoms with E-state index in [2.05, 4.69) is 10.6 Å². The molecule has 10 heteroatoms. The molecule has 10 nitrogen and oxygen atoms in total. The van der Waals surface area contributed by atoms with Crippen molar-refractivity contribution >= 4 is 23.9 Å². The zero-order valence-electron chi connectivity index (χ0n) is 27.6. The highest BCUT2D eigenvalue weighted by atomic mass is 16.6. The van der Waals surface area contributed by atoms with Gasteiger partial charge in [0.25, 0.3) is 0 Å². The number of phenols is 1. The van der Waals surface area contributed by atoms with E-state index in [9.17, 15) is 24.3 Å². The van der Waals surface area contributed by atoms with Crippen LogP contribution < -0.4 is 10.6 Å². The topological polar surface area (TPSA) is 134 Å². The highest BCUT2D eigenvalue weighted by Gasteiger charge is 2.43. The lowest BCUT2D eigenvalue weighted by Crippen LogP contribution is -2.60. The lowest BCUT2D eigenvalue weighted by atomic mass is 9.90. The van der Waals surface area contributed by atoms with Crippen LogP contribution in [0.2, 0.25) is 0 Å². The quantitative estimate of drug-likeness (QED) is 0.263. The van der Waals surface area contributed by atoms with Crippen LogP contribution >= 0.6 is 0 Å². The Morgan fingerprint density at radius 1 is 0.932 bits per heavy atom. The number of ether oxygens (including phenoxy) is 2. The fourth-order valence-electron chi connectivity index (χ4n) is 4.83. The Morgan fingerprint density at radius 2 is 1.52 bits per heavy atom. The van der Waals surface area contributed by atoms with Crippen LogP contribution in [0.1, 0.15) is 89.6 Å². The molecule has 0 aliphatic heterocycles. The van der Waals surface area contributed by atoms with Crippen LogP contribution in [-0.4, -0.2) is 64.2 Å². The van der Waals surface area contributed by atoms with E-state index < -0.39 is 47.1 Å². The van der Waals surface area contributed by atoms with E-state index in [4.69, 9.17) is 9.47 Å². The lowest BCUT2D eigenvalue weighted by molar-refractivity contribution is -0.149. The second-order valence-electron chi connectivity index (χ2n) is 12.6. The molecule has 0 saturated heterocycles. The van der Waals surface area contributed by atoms with Crippen LogP contribution in [0.5, 0.6) is 5.75 Å². The summed E-state index contributed by atoms with van der Waals surface area (Å²) in [6, 6.07) is 9.88. The molecule has 2 unspecified atom stereocenters. The molecule has 2 atom stereocenters. The predicted molar refractivity (Wildman–Crippen MR) is 169 cm³/mol. The molecule has 0 aromatic heterocycles. The Balaban J connectivity index is 2.65. The van der Waals surface area contributed by atoms with Crippen molar-refractivity contribution in [3.05, 3.63) is 64.7 Å². The van der Waals surface area contributed by atoms with Gasteiger partial charge in [0.15, 0.2) is 0 Å². The summed E-state index contributed by atoms with van der Waals surface area (Å²) in [4.78, 5) is 55.3. The van der Waals surface area contributed by atoms with Gasteiger partial charge in [-0.1, -0.05) is 48.4 Å². The van der Waals surface area contributed by atoms with E-state index in [1.807, 2.05) is 52.8 Å². The van der Waals surface area contributed by atoms with Crippen molar-refractivity contribution in [2.45, 2.75) is 105 Å². The van der Waals surface area contributed by atoms with Crippen molar-refractivity contribution < 1.29 is 33.8 Å². The number of carbonyl (C=O) groups excluding carboxylic acids is 4. The molecular formula is C34H49N3O7. The van der Waals surface area contributed by atoms with E-state index in [0.717, 1.165) is 11.1 Å². The van der Waals surface area contributed by atoms with Gasteiger partial charge in [0.2, 0.25) is 11.8 Å². The van der Waals surface area contributed by atoms with Crippen LogP contribution in [0.25, 0.3) is 0 Å². The summed E-state index contributed by atoms with van der Waals surface area (Å²) in [6.07, 6.45) is -0.216. The minimum atomic E-state index is -1.11. The molecule has 2 aromatic carbocycles. The molecule has 0 heterocycles. The van der Waals surface area contributed by atoms with E-state index >= 15 is 0 Å². The fourth-order valence-corrected chi connectivity index (χ4v) is 4.83. The first-order valence-electron chi connectivity index (χ1n) is 15.1. The molecule has 2 rings (SSSR count). The number of aryl methyl sites for hydroxylation is 2. The fraction of sp³-hybridized carbons (Fsp3) is 0.529. The first kappa shape index (κ1) is 36.1. The van der Waals surface area contributed by atoms with Gasteiger partial charge in [0.05, 0.1) is 13.0 Å². The largest absolute Gasteiger partial charge is 0.508 e. The van der Waals surface area contributed by atoms with Gasteiger partial charge in [-0.15, -0.1) is 0 Å². The number of phenolic OH excluding ortho intramolecular Hbond substituents is 1. The van der Waals surface area contributed by atoms with Gasteiger partial charge >= 0.3 is 12.1 Å². The van der Waals surface area contributed by atoms with Crippen molar-refractivity contribution in [2.24, 2.45) is 0 Å². The lowest BCUT2D eigenvalue weighted by Gasteiger charge is -2.44.